The van der Waals surface area contributed by atoms with Crippen LogP contribution in [0.15, 0.2) is 41.6 Å². The van der Waals surface area contributed by atoms with Gasteiger partial charge < -0.3 is 9.30 Å². The van der Waals surface area contributed by atoms with Crippen LogP contribution in [0, 0.1) is 0 Å². The first-order chi connectivity index (χ1) is 10.1. The number of rotatable bonds is 5. The average Bonchev–Trinajstić information content (AvgIpc) is 2.83. The van der Waals surface area contributed by atoms with Gasteiger partial charge in [0.15, 0.2) is 6.61 Å². The van der Waals surface area contributed by atoms with E-state index in [2.05, 4.69) is 10.5 Å². The van der Waals surface area contributed by atoms with E-state index in [-0.39, 0.29) is 12.5 Å². The van der Waals surface area contributed by atoms with Crippen LogP contribution in [0.2, 0.25) is 10.0 Å². The van der Waals surface area contributed by atoms with Crippen LogP contribution in [-0.4, -0.2) is 23.3 Å². The zero-order chi connectivity index (χ0) is 15.2. The highest BCUT2D eigenvalue weighted by Gasteiger charge is 2.05. The third-order valence-corrected chi connectivity index (χ3v) is 3.15. The van der Waals surface area contributed by atoms with Crippen LogP contribution in [-0.2, 0) is 11.8 Å². The highest BCUT2D eigenvalue weighted by molar-refractivity contribution is 6.35. The van der Waals surface area contributed by atoms with Crippen molar-refractivity contribution >= 4 is 35.3 Å². The molecule has 0 bridgehead atoms. The number of hydrazone groups is 1. The van der Waals surface area contributed by atoms with Crippen molar-refractivity contribution in [2.75, 3.05) is 6.61 Å². The van der Waals surface area contributed by atoms with E-state index in [4.69, 9.17) is 27.9 Å². The molecule has 1 N–H and O–H groups in total. The number of nitrogens with zero attached hydrogens (tertiary/aromatic N) is 2. The maximum absolute atomic E-state index is 11.6. The fourth-order valence-corrected chi connectivity index (χ4v) is 2.01. The van der Waals surface area contributed by atoms with Crippen molar-refractivity contribution in [2.45, 2.75) is 0 Å². The minimum absolute atomic E-state index is 0.189. The van der Waals surface area contributed by atoms with Crippen LogP contribution in [0.25, 0.3) is 0 Å². The van der Waals surface area contributed by atoms with Gasteiger partial charge in [0, 0.05) is 18.3 Å². The SMILES string of the molecule is Cn1cccc1/C=N\NC(=O)COc1ccc(Cl)cc1Cl. The number of halogens is 2. The van der Waals surface area contributed by atoms with Gasteiger partial charge in [-0.3, -0.25) is 4.79 Å². The first-order valence-corrected chi connectivity index (χ1v) is 6.83. The molecule has 2 rings (SSSR count). The summed E-state index contributed by atoms with van der Waals surface area (Å²) in [6, 6.07) is 8.54. The first kappa shape index (κ1) is 15.4. The van der Waals surface area contributed by atoms with E-state index in [1.165, 1.54) is 0 Å². The molecule has 21 heavy (non-hydrogen) atoms. The fourth-order valence-electron chi connectivity index (χ4n) is 1.55. The highest BCUT2D eigenvalue weighted by Crippen LogP contribution is 2.27. The molecular weight excluding hydrogens is 313 g/mol. The van der Waals surface area contributed by atoms with Gasteiger partial charge in [-0.2, -0.15) is 5.10 Å². The number of aromatic nitrogens is 1. The van der Waals surface area contributed by atoms with Gasteiger partial charge in [-0.1, -0.05) is 23.2 Å². The van der Waals surface area contributed by atoms with E-state index in [0.717, 1.165) is 5.69 Å². The summed E-state index contributed by atoms with van der Waals surface area (Å²) in [5.41, 5.74) is 3.24. The number of benzene rings is 1. The summed E-state index contributed by atoms with van der Waals surface area (Å²) in [6.45, 7) is -0.189. The van der Waals surface area contributed by atoms with E-state index in [1.807, 2.05) is 29.9 Å². The molecule has 0 spiro atoms. The van der Waals surface area contributed by atoms with Gasteiger partial charge >= 0.3 is 0 Å². The Bertz CT molecular complexity index is 668. The molecule has 0 radical (unpaired) electrons. The van der Waals surface area contributed by atoms with Crippen LogP contribution >= 0.6 is 23.2 Å². The molecule has 0 atom stereocenters. The summed E-state index contributed by atoms with van der Waals surface area (Å²) in [5, 5.41) is 4.70. The Morgan fingerprint density at radius 2 is 2.24 bits per heavy atom. The predicted octanol–water partition coefficient (Wildman–Crippen LogP) is 2.86. The van der Waals surface area contributed by atoms with Crippen molar-refractivity contribution in [1.82, 2.24) is 9.99 Å². The Hall–Kier alpha value is -1.98. The molecule has 0 saturated carbocycles. The number of amides is 1. The van der Waals surface area contributed by atoms with Crippen LogP contribution in [0.3, 0.4) is 0 Å². The minimum Gasteiger partial charge on any atom is -0.482 e. The van der Waals surface area contributed by atoms with Crippen LogP contribution < -0.4 is 10.2 Å². The molecule has 0 saturated heterocycles. The quantitative estimate of drug-likeness (QED) is 0.678. The number of nitrogens with one attached hydrogen (secondary N) is 1. The van der Waals surface area contributed by atoms with Gasteiger partial charge in [-0.25, -0.2) is 5.43 Å². The van der Waals surface area contributed by atoms with Crippen molar-refractivity contribution in [1.29, 1.82) is 0 Å². The maximum Gasteiger partial charge on any atom is 0.277 e. The average molecular weight is 326 g/mol. The van der Waals surface area contributed by atoms with Crippen LogP contribution in [0.1, 0.15) is 5.69 Å². The van der Waals surface area contributed by atoms with Crippen molar-refractivity contribution < 1.29 is 9.53 Å². The fraction of sp³-hybridized carbons (Fsp3) is 0.143. The second kappa shape index (κ2) is 7.15. The number of ether oxygens (including phenoxy) is 1. The van der Waals surface area contributed by atoms with Gasteiger partial charge in [-0.05, 0) is 30.3 Å². The molecule has 1 aromatic carbocycles. The Morgan fingerprint density at radius 1 is 1.43 bits per heavy atom. The number of carbonyl (C=O) groups is 1. The van der Waals surface area contributed by atoms with E-state index in [1.54, 1.807) is 24.4 Å². The van der Waals surface area contributed by atoms with Crippen LogP contribution in [0.5, 0.6) is 5.75 Å². The van der Waals surface area contributed by atoms with Crippen LogP contribution in [0.4, 0.5) is 0 Å². The molecule has 0 fully saturated rings. The van der Waals surface area contributed by atoms with E-state index < -0.39 is 0 Å². The molecule has 0 unspecified atom stereocenters. The van der Waals surface area contributed by atoms with E-state index >= 15 is 0 Å². The van der Waals surface area contributed by atoms with Gasteiger partial charge in [0.25, 0.3) is 5.91 Å². The lowest BCUT2D eigenvalue weighted by Crippen LogP contribution is -2.24. The second-order valence-electron chi connectivity index (χ2n) is 4.20. The Balaban J connectivity index is 1.82. The third kappa shape index (κ3) is 4.51. The largest absolute Gasteiger partial charge is 0.482 e. The Labute approximate surface area is 132 Å². The van der Waals surface area contributed by atoms with Gasteiger partial charge in [0.1, 0.15) is 5.75 Å². The van der Waals surface area contributed by atoms with Crippen molar-refractivity contribution in [2.24, 2.45) is 12.1 Å². The van der Waals surface area contributed by atoms with Crippen molar-refractivity contribution in [3.05, 3.63) is 52.3 Å². The minimum atomic E-state index is -0.383. The number of hydrogen-bond acceptors (Lipinski definition) is 3. The summed E-state index contributed by atoms with van der Waals surface area (Å²) in [5.74, 6) is 0.00843. The molecule has 2 aromatic rings. The zero-order valence-corrected chi connectivity index (χ0v) is 12.7. The second-order valence-corrected chi connectivity index (χ2v) is 5.04. The molecule has 1 amide bonds. The molecular formula is C14H13Cl2N3O2. The predicted molar refractivity (Wildman–Crippen MR) is 83.1 cm³/mol. The molecule has 0 aliphatic rings. The highest BCUT2D eigenvalue weighted by atomic mass is 35.5. The molecule has 7 heteroatoms. The lowest BCUT2D eigenvalue weighted by molar-refractivity contribution is -0.123. The number of carbonyl (C=O) groups excluding carboxylic acids is 1. The molecule has 1 heterocycles. The van der Waals surface area contributed by atoms with E-state index in [9.17, 15) is 4.79 Å². The summed E-state index contributed by atoms with van der Waals surface area (Å²) in [7, 11) is 1.88. The summed E-state index contributed by atoms with van der Waals surface area (Å²) >= 11 is 11.7. The Kier molecular flexibility index (Phi) is 5.25. The first-order valence-electron chi connectivity index (χ1n) is 6.07. The number of aryl methyl sites for hydroxylation is 1. The Morgan fingerprint density at radius 3 is 2.90 bits per heavy atom. The third-order valence-electron chi connectivity index (χ3n) is 2.62. The summed E-state index contributed by atoms with van der Waals surface area (Å²) < 4.78 is 7.16. The monoisotopic (exact) mass is 325 g/mol. The molecule has 0 aliphatic heterocycles. The van der Waals surface area contributed by atoms with Crippen molar-refractivity contribution in [3.63, 3.8) is 0 Å². The lowest BCUT2D eigenvalue weighted by Gasteiger charge is -2.07. The molecule has 110 valence electrons. The number of hydrogen-bond donors (Lipinski definition) is 1. The maximum atomic E-state index is 11.6. The molecule has 5 nitrogen and oxygen atoms in total. The lowest BCUT2D eigenvalue weighted by atomic mass is 10.3. The molecule has 0 aliphatic carbocycles. The molecule has 1 aromatic heterocycles. The topological polar surface area (TPSA) is 55.6 Å². The zero-order valence-electron chi connectivity index (χ0n) is 11.2. The van der Waals surface area contributed by atoms with Gasteiger partial charge in [0.05, 0.1) is 16.9 Å². The standard InChI is InChI=1S/C14H13Cl2N3O2/c1-19-6-2-3-11(19)8-17-18-14(20)9-21-13-5-4-10(15)7-12(13)16/h2-8H,9H2,1H3,(H,18,20)/b17-8-. The summed E-state index contributed by atoms with van der Waals surface area (Å²) in [4.78, 5) is 11.6. The van der Waals surface area contributed by atoms with Gasteiger partial charge in [0.2, 0.25) is 0 Å². The smallest absolute Gasteiger partial charge is 0.277 e. The summed E-state index contributed by atoms with van der Waals surface area (Å²) in [6.07, 6.45) is 3.43. The van der Waals surface area contributed by atoms with Crippen molar-refractivity contribution in [3.8, 4) is 5.75 Å². The van der Waals surface area contributed by atoms with Gasteiger partial charge in [-0.15, -0.1) is 0 Å². The normalized spacial score (nSPS) is 10.8. The van der Waals surface area contributed by atoms with E-state index in [0.29, 0.717) is 15.8 Å².